The van der Waals surface area contributed by atoms with Crippen LogP contribution in [0.3, 0.4) is 0 Å². The van der Waals surface area contributed by atoms with Crippen molar-refractivity contribution >= 4 is 5.97 Å². The van der Waals surface area contributed by atoms with Gasteiger partial charge >= 0.3 is 5.97 Å². The molecule has 0 aromatic rings. The highest BCUT2D eigenvalue weighted by Gasteiger charge is 2.67. The van der Waals surface area contributed by atoms with E-state index in [9.17, 15) is 15.0 Å². The van der Waals surface area contributed by atoms with Crippen LogP contribution in [-0.4, -0.2) is 22.3 Å². The van der Waals surface area contributed by atoms with Crippen molar-refractivity contribution in [3.63, 3.8) is 0 Å². The molecule has 0 radical (unpaired) electrons. The van der Waals surface area contributed by atoms with Crippen molar-refractivity contribution in [2.75, 3.05) is 0 Å². The lowest BCUT2D eigenvalue weighted by Gasteiger charge is -2.64. The molecule has 0 unspecified atom stereocenters. The first-order chi connectivity index (χ1) is 10.7. The molecule has 4 rings (SSSR count). The SMILES string of the molecule is C=C1C[C@]23C[C@@H]1CC[C@H]2[C@]1(C)CCC[C@@](C)(C(=O)O)[C@H]1C[C@@H]3O. The van der Waals surface area contributed by atoms with Crippen LogP contribution in [0.5, 0.6) is 0 Å². The Bertz CT molecular complexity index is 569. The molecular formula is C20H30O3. The van der Waals surface area contributed by atoms with Crippen LogP contribution < -0.4 is 0 Å². The monoisotopic (exact) mass is 318 g/mol. The van der Waals surface area contributed by atoms with Gasteiger partial charge in [0.2, 0.25) is 0 Å². The molecule has 4 aliphatic rings. The zero-order valence-electron chi connectivity index (χ0n) is 14.5. The number of carbonyl (C=O) groups is 1. The lowest BCUT2D eigenvalue weighted by molar-refractivity contribution is -0.208. The molecule has 0 heterocycles. The molecule has 4 aliphatic carbocycles. The predicted molar refractivity (Wildman–Crippen MR) is 88.8 cm³/mol. The van der Waals surface area contributed by atoms with Crippen molar-refractivity contribution in [1.82, 2.24) is 0 Å². The van der Waals surface area contributed by atoms with E-state index in [1.165, 1.54) is 12.0 Å². The highest BCUT2D eigenvalue weighted by atomic mass is 16.4. The van der Waals surface area contributed by atoms with Crippen LogP contribution in [0.15, 0.2) is 12.2 Å². The van der Waals surface area contributed by atoms with E-state index in [1.807, 2.05) is 6.92 Å². The second-order valence-corrected chi connectivity index (χ2v) is 9.49. The summed E-state index contributed by atoms with van der Waals surface area (Å²) in [6.45, 7) is 8.57. The van der Waals surface area contributed by atoms with Gasteiger partial charge in [0.05, 0.1) is 11.5 Å². The van der Waals surface area contributed by atoms with Crippen molar-refractivity contribution in [3.8, 4) is 0 Å². The Kier molecular flexibility index (Phi) is 3.15. The summed E-state index contributed by atoms with van der Waals surface area (Å²) in [4.78, 5) is 12.1. The molecule has 7 atom stereocenters. The van der Waals surface area contributed by atoms with Crippen molar-refractivity contribution in [3.05, 3.63) is 12.2 Å². The smallest absolute Gasteiger partial charge is 0.309 e. The second-order valence-electron chi connectivity index (χ2n) is 9.49. The van der Waals surface area contributed by atoms with Crippen molar-refractivity contribution in [1.29, 1.82) is 0 Å². The first-order valence-electron chi connectivity index (χ1n) is 9.33. The number of fused-ring (bicyclic) bond motifs is 3. The zero-order valence-corrected chi connectivity index (χ0v) is 14.5. The predicted octanol–water partition coefficient (Wildman–Crippen LogP) is 4.01. The fourth-order valence-electron chi connectivity index (χ4n) is 7.51. The molecule has 23 heavy (non-hydrogen) atoms. The number of rotatable bonds is 1. The van der Waals surface area contributed by atoms with Gasteiger partial charge in [0.15, 0.2) is 0 Å². The van der Waals surface area contributed by atoms with Gasteiger partial charge in [-0.25, -0.2) is 0 Å². The van der Waals surface area contributed by atoms with E-state index in [0.717, 1.165) is 38.5 Å². The summed E-state index contributed by atoms with van der Waals surface area (Å²) >= 11 is 0. The average molecular weight is 318 g/mol. The molecule has 4 fully saturated rings. The van der Waals surface area contributed by atoms with Gasteiger partial charge in [-0.15, -0.1) is 0 Å². The van der Waals surface area contributed by atoms with Crippen LogP contribution in [0.2, 0.25) is 0 Å². The number of aliphatic hydroxyl groups is 1. The molecule has 4 saturated carbocycles. The molecule has 0 saturated heterocycles. The summed E-state index contributed by atoms with van der Waals surface area (Å²) in [7, 11) is 0. The number of carboxylic acids is 1. The van der Waals surface area contributed by atoms with Crippen molar-refractivity contribution in [2.24, 2.45) is 34.0 Å². The Hall–Kier alpha value is -0.830. The van der Waals surface area contributed by atoms with Crippen LogP contribution in [0.1, 0.15) is 65.2 Å². The molecule has 0 amide bonds. The van der Waals surface area contributed by atoms with Gasteiger partial charge < -0.3 is 10.2 Å². The van der Waals surface area contributed by atoms with Gasteiger partial charge in [-0.1, -0.05) is 25.5 Å². The third-order valence-electron chi connectivity index (χ3n) is 8.64. The fraction of sp³-hybridized carbons (Fsp3) is 0.850. The molecule has 2 N–H and O–H groups in total. The summed E-state index contributed by atoms with van der Waals surface area (Å²) in [5.74, 6) is 0.479. The highest BCUT2D eigenvalue weighted by molar-refractivity contribution is 5.75. The summed E-state index contributed by atoms with van der Waals surface area (Å²) < 4.78 is 0. The maximum Gasteiger partial charge on any atom is 0.309 e. The van der Waals surface area contributed by atoms with Gasteiger partial charge in [0.1, 0.15) is 0 Å². The largest absolute Gasteiger partial charge is 0.481 e. The highest BCUT2D eigenvalue weighted by Crippen LogP contribution is 2.72. The summed E-state index contributed by atoms with van der Waals surface area (Å²) in [5.41, 5.74) is 0.704. The number of hydrogen-bond donors (Lipinski definition) is 2. The number of aliphatic carboxylic acids is 1. The molecule has 3 heteroatoms. The van der Waals surface area contributed by atoms with Gasteiger partial charge in [-0.2, -0.15) is 0 Å². The first kappa shape index (κ1) is 15.7. The average Bonchev–Trinajstić information content (AvgIpc) is 2.73. The maximum absolute atomic E-state index is 12.1. The number of allylic oxidation sites excluding steroid dienone is 1. The van der Waals surface area contributed by atoms with Crippen LogP contribution in [0, 0.1) is 34.0 Å². The molecule has 1 spiro atoms. The Labute approximate surface area is 139 Å². The van der Waals surface area contributed by atoms with E-state index in [-0.39, 0.29) is 22.9 Å². The van der Waals surface area contributed by atoms with Crippen molar-refractivity contribution < 1.29 is 15.0 Å². The quantitative estimate of drug-likeness (QED) is 0.718. The van der Waals surface area contributed by atoms with E-state index in [1.54, 1.807) is 0 Å². The number of hydrogen-bond acceptors (Lipinski definition) is 2. The molecular weight excluding hydrogens is 288 g/mol. The van der Waals surface area contributed by atoms with Gasteiger partial charge in [0.25, 0.3) is 0 Å². The fourth-order valence-corrected chi connectivity index (χ4v) is 7.51. The molecule has 3 nitrogen and oxygen atoms in total. The van der Waals surface area contributed by atoms with Gasteiger partial charge in [-0.3, -0.25) is 4.79 Å². The Morgan fingerprint density at radius 2 is 1.96 bits per heavy atom. The first-order valence-corrected chi connectivity index (χ1v) is 9.33. The molecule has 0 aromatic carbocycles. The Morgan fingerprint density at radius 3 is 2.65 bits per heavy atom. The minimum atomic E-state index is -0.679. The molecule has 128 valence electrons. The second kappa shape index (κ2) is 4.62. The number of carboxylic acid groups (broad SMARTS) is 1. The topological polar surface area (TPSA) is 57.5 Å². The standard InChI is InChI=1S/C20H30O3/c1-12-10-20-11-13(12)5-6-14(20)18(2)7-4-8-19(3,17(22)23)15(18)9-16(20)21/h13-16,21H,1,4-11H2,2-3H3,(H,22,23)/t13-,14-,15-,16-,18-,19+,20-/m0/s1. The normalized spacial score (nSPS) is 55.2. The maximum atomic E-state index is 12.1. The molecule has 0 aliphatic heterocycles. The molecule has 0 aromatic heterocycles. The van der Waals surface area contributed by atoms with E-state index in [0.29, 0.717) is 18.3 Å². The van der Waals surface area contributed by atoms with E-state index >= 15 is 0 Å². The lowest BCUT2D eigenvalue weighted by Crippen LogP contribution is -2.62. The number of aliphatic hydroxyl groups excluding tert-OH is 1. The molecule has 2 bridgehead atoms. The van der Waals surface area contributed by atoms with E-state index < -0.39 is 11.4 Å². The van der Waals surface area contributed by atoms with E-state index in [2.05, 4.69) is 13.5 Å². The minimum Gasteiger partial charge on any atom is -0.481 e. The third kappa shape index (κ3) is 1.78. The van der Waals surface area contributed by atoms with Crippen molar-refractivity contribution in [2.45, 2.75) is 71.3 Å². The third-order valence-corrected chi connectivity index (χ3v) is 8.64. The summed E-state index contributed by atoms with van der Waals surface area (Å²) in [6, 6.07) is 0. The Morgan fingerprint density at radius 1 is 1.22 bits per heavy atom. The Balaban J connectivity index is 1.80. The van der Waals surface area contributed by atoms with Gasteiger partial charge in [-0.05, 0) is 75.0 Å². The van der Waals surface area contributed by atoms with Crippen LogP contribution in [-0.2, 0) is 4.79 Å². The van der Waals surface area contributed by atoms with Gasteiger partial charge in [0, 0.05) is 5.41 Å². The minimum absolute atomic E-state index is 0.0119. The van der Waals surface area contributed by atoms with Crippen LogP contribution in [0.25, 0.3) is 0 Å². The lowest BCUT2D eigenvalue weighted by atomic mass is 9.40. The summed E-state index contributed by atoms with van der Waals surface area (Å²) in [6.07, 6.45) is 7.57. The zero-order chi connectivity index (χ0) is 16.6. The van der Waals surface area contributed by atoms with E-state index in [4.69, 9.17) is 0 Å². The van der Waals surface area contributed by atoms with Crippen LogP contribution >= 0.6 is 0 Å². The summed E-state index contributed by atoms with van der Waals surface area (Å²) in [5, 5.41) is 21.0. The van der Waals surface area contributed by atoms with Crippen LogP contribution in [0.4, 0.5) is 0 Å².